The van der Waals surface area contributed by atoms with Crippen molar-refractivity contribution in [2.75, 3.05) is 0 Å². The number of nitrogens with one attached hydrogen (secondary N) is 1. The van der Waals surface area contributed by atoms with Crippen molar-refractivity contribution in [1.82, 2.24) is 4.72 Å². The lowest BCUT2D eigenvalue weighted by Crippen LogP contribution is -2.38. The van der Waals surface area contributed by atoms with Crippen LogP contribution in [0.25, 0.3) is 0 Å². The maximum absolute atomic E-state index is 12.1. The molecule has 2 N–H and O–H groups in total. The Morgan fingerprint density at radius 2 is 2.05 bits per heavy atom. The van der Waals surface area contributed by atoms with Gasteiger partial charge in [-0.05, 0) is 43.5 Å². The lowest BCUT2D eigenvalue weighted by atomic mass is 9.91. The average molecular weight is 297 g/mol. The number of rotatable bonds is 4. The van der Waals surface area contributed by atoms with E-state index >= 15 is 0 Å². The molecular formula is C13H15NO5S. The minimum absolute atomic E-state index is 0.0148. The summed E-state index contributed by atoms with van der Waals surface area (Å²) in [6.45, 7) is 1.25. The van der Waals surface area contributed by atoms with Crippen LogP contribution in [0.3, 0.4) is 0 Å². The predicted octanol–water partition coefficient (Wildman–Crippen LogP) is 0.957. The minimum Gasteiger partial charge on any atom is -0.480 e. The van der Waals surface area contributed by atoms with Crippen LogP contribution in [0.5, 0.6) is 0 Å². The number of ketones is 1. The SMILES string of the molecule is C[C@H](NS(=O)(=O)c1ccc2c(c1)CCCC2=O)C(=O)O. The van der Waals surface area contributed by atoms with E-state index in [-0.39, 0.29) is 10.7 Å². The summed E-state index contributed by atoms with van der Waals surface area (Å²) < 4.78 is 26.2. The Balaban J connectivity index is 2.34. The Hall–Kier alpha value is -1.73. The highest BCUT2D eigenvalue weighted by Crippen LogP contribution is 2.24. The molecule has 1 aromatic rings. The third kappa shape index (κ3) is 2.88. The first-order valence-electron chi connectivity index (χ1n) is 6.22. The first kappa shape index (κ1) is 14.7. The Kier molecular flexibility index (Phi) is 3.92. The third-order valence-corrected chi connectivity index (χ3v) is 4.78. The third-order valence-electron chi connectivity index (χ3n) is 3.24. The number of hydrogen-bond donors (Lipinski definition) is 2. The Labute approximate surface area is 116 Å². The number of carboxylic acid groups (broad SMARTS) is 1. The lowest BCUT2D eigenvalue weighted by Gasteiger charge is -2.16. The topological polar surface area (TPSA) is 101 Å². The molecule has 0 amide bonds. The van der Waals surface area contributed by atoms with Crippen molar-refractivity contribution in [3.8, 4) is 0 Å². The van der Waals surface area contributed by atoms with E-state index in [0.29, 0.717) is 30.4 Å². The van der Waals surface area contributed by atoms with E-state index in [0.717, 1.165) is 0 Å². The van der Waals surface area contributed by atoms with Gasteiger partial charge in [0.05, 0.1) is 4.90 Å². The van der Waals surface area contributed by atoms with Gasteiger partial charge in [-0.15, -0.1) is 0 Å². The average Bonchev–Trinajstić information content (AvgIpc) is 2.38. The highest BCUT2D eigenvalue weighted by atomic mass is 32.2. The van der Waals surface area contributed by atoms with Crippen LogP contribution >= 0.6 is 0 Å². The summed E-state index contributed by atoms with van der Waals surface area (Å²) >= 11 is 0. The summed E-state index contributed by atoms with van der Waals surface area (Å²) in [5.41, 5.74) is 1.26. The van der Waals surface area contributed by atoms with Crippen molar-refractivity contribution in [2.45, 2.75) is 37.1 Å². The fraction of sp³-hybridized carbons (Fsp3) is 0.385. The highest BCUT2D eigenvalue weighted by molar-refractivity contribution is 7.89. The quantitative estimate of drug-likeness (QED) is 0.862. The molecule has 20 heavy (non-hydrogen) atoms. The van der Waals surface area contributed by atoms with Crippen LogP contribution in [-0.4, -0.2) is 31.3 Å². The van der Waals surface area contributed by atoms with Gasteiger partial charge >= 0.3 is 5.97 Å². The maximum Gasteiger partial charge on any atom is 0.321 e. The van der Waals surface area contributed by atoms with Gasteiger partial charge in [0.1, 0.15) is 6.04 Å². The fourth-order valence-electron chi connectivity index (χ4n) is 2.14. The lowest BCUT2D eigenvalue weighted by molar-refractivity contribution is -0.138. The van der Waals surface area contributed by atoms with Gasteiger partial charge in [-0.3, -0.25) is 9.59 Å². The molecule has 0 aromatic heterocycles. The normalized spacial score (nSPS) is 16.6. The van der Waals surface area contributed by atoms with Crippen molar-refractivity contribution in [3.63, 3.8) is 0 Å². The second-order valence-corrected chi connectivity index (χ2v) is 6.49. The molecule has 2 rings (SSSR count). The molecule has 1 aromatic carbocycles. The van der Waals surface area contributed by atoms with Crippen molar-refractivity contribution >= 4 is 21.8 Å². The van der Waals surface area contributed by atoms with Gasteiger partial charge in [0.15, 0.2) is 5.78 Å². The molecule has 108 valence electrons. The van der Waals surface area contributed by atoms with Gasteiger partial charge < -0.3 is 5.11 Å². The molecule has 0 fully saturated rings. The summed E-state index contributed by atoms with van der Waals surface area (Å²) in [5.74, 6) is -1.23. The molecular weight excluding hydrogens is 282 g/mol. The van der Waals surface area contributed by atoms with Crippen LogP contribution in [0.2, 0.25) is 0 Å². The monoisotopic (exact) mass is 297 g/mol. The summed E-state index contributed by atoms with van der Waals surface area (Å²) in [6, 6.07) is 3.07. The largest absolute Gasteiger partial charge is 0.480 e. The zero-order chi connectivity index (χ0) is 14.9. The van der Waals surface area contributed by atoms with E-state index in [1.165, 1.54) is 25.1 Å². The molecule has 0 aliphatic heterocycles. The number of aliphatic carboxylic acids is 1. The van der Waals surface area contributed by atoms with Crippen molar-refractivity contribution in [2.24, 2.45) is 0 Å². The molecule has 1 aliphatic carbocycles. The van der Waals surface area contributed by atoms with Crippen molar-refractivity contribution in [1.29, 1.82) is 0 Å². The van der Waals surface area contributed by atoms with Gasteiger partial charge in [0, 0.05) is 12.0 Å². The van der Waals surface area contributed by atoms with Gasteiger partial charge in [0.2, 0.25) is 10.0 Å². The standard InChI is InChI=1S/C13H15NO5S/c1-8(13(16)17)14-20(18,19)10-5-6-11-9(7-10)3-2-4-12(11)15/h5-8,14H,2-4H2,1H3,(H,16,17)/t8-/m0/s1. The van der Waals surface area contributed by atoms with Crippen LogP contribution in [0.4, 0.5) is 0 Å². The summed E-state index contributed by atoms with van der Waals surface area (Å²) in [6.07, 6.45) is 1.83. The van der Waals surface area contributed by atoms with Crippen molar-refractivity contribution < 1.29 is 23.1 Å². The first-order chi connectivity index (χ1) is 9.31. The van der Waals surface area contributed by atoms with E-state index in [4.69, 9.17) is 5.11 Å². The second-order valence-electron chi connectivity index (χ2n) is 4.78. The first-order valence-corrected chi connectivity index (χ1v) is 7.71. The molecule has 1 atom stereocenters. The molecule has 7 heteroatoms. The van der Waals surface area contributed by atoms with Gasteiger partial charge in [0.25, 0.3) is 0 Å². The number of carboxylic acids is 1. The number of hydrogen-bond acceptors (Lipinski definition) is 4. The number of aryl methyl sites for hydroxylation is 1. The van der Waals surface area contributed by atoms with Crippen LogP contribution in [0.1, 0.15) is 35.7 Å². The van der Waals surface area contributed by atoms with Crippen LogP contribution in [0, 0.1) is 0 Å². The number of fused-ring (bicyclic) bond motifs is 1. The number of carbonyl (C=O) groups is 2. The second kappa shape index (κ2) is 5.34. The molecule has 0 bridgehead atoms. The fourth-order valence-corrected chi connectivity index (χ4v) is 3.39. The molecule has 1 aliphatic rings. The summed E-state index contributed by atoms with van der Waals surface area (Å²) in [4.78, 5) is 22.4. The summed E-state index contributed by atoms with van der Waals surface area (Å²) in [7, 11) is -3.90. The maximum atomic E-state index is 12.1. The van der Waals surface area contributed by atoms with Crippen LogP contribution in [-0.2, 0) is 21.2 Å². The number of benzene rings is 1. The predicted molar refractivity (Wildman–Crippen MR) is 71.1 cm³/mol. The van der Waals surface area contributed by atoms with Gasteiger partial charge in [-0.25, -0.2) is 8.42 Å². The molecule has 6 nitrogen and oxygen atoms in total. The zero-order valence-corrected chi connectivity index (χ0v) is 11.7. The number of sulfonamides is 1. The molecule has 0 spiro atoms. The highest BCUT2D eigenvalue weighted by Gasteiger charge is 2.24. The van der Waals surface area contributed by atoms with E-state index in [1.807, 2.05) is 0 Å². The van der Waals surface area contributed by atoms with Crippen LogP contribution in [0.15, 0.2) is 23.1 Å². The molecule has 0 unspecified atom stereocenters. The van der Waals surface area contributed by atoms with E-state index in [9.17, 15) is 18.0 Å². The Morgan fingerprint density at radius 3 is 2.70 bits per heavy atom. The molecule has 0 saturated carbocycles. The van der Waals surface area contributed by atoms with Gasteiger partial charge in [-0.1, -0.05) is 0 Å². The van der Waals surface area contributed by atoms with E-state index < -0.39 is 22.0 Å². The Morgan fingerprint density at radius 1 is 1.35 bits per heavy atom. The van der Waals surface area contributed by atoms with Crippen LogP contribution < -0.4 is 4.72 Å². The zero-order valence-electron chi connectivity index (χ0n) is 10.9. The van der Waals surface area contributed by atoms with Gasteiger partial charge in [-0.2, -0.15) is 4.72 Å². The molecule has 0 radical (unpaired) electrons. The van der Waals surface area contributed by atoms with Crippen molar-refractivity contribution in [3.05, 3.63) is 29.3 Å². The molecule has 0 heterocycles. The smallest absolute Gasteiger partial charge is 0.321 e. The minimum atomic E-state index is -3.90. The Bertz CT molecular complexity index is 665. The van der Waals surface area contributed by atoms with E-state index in [2.05, 4.69) is 4.72 Å². The number of carbonyl (C=O) groups excluding carboxylic acids is 1. The number of Topliss-reactive ketones (excluding diaryl/α,β-unsaturated/α-hetero) is 1. The summed E-state index contributed by atoms with van der Waals surface area (Å²) in [5, 5.41) is 8.75. The van der Waals surface area contributed by atoms with E-state index in [1.54, 1.807) is 0 Å². The molecule has 0 saturated heterocycles.